The molecule has 0 spiro atoms. The predicted molar refractivity (Wildman–Crippen MR) is 128 cm³/mol. The third-order valence-electron chi connectivity index (χ3n) is 5.98. The second-order valence-corrected chi connectivity index (χ2v) is 10.4. The molecule has 1 atom stereocenters. The van der Waals surface area contributed by atoms with Crippen LogP contribution < -0.4 is 10.0 Å². The Hall–Kier alpha value is -2.44. The van der Waals surface area contributed by atoms with Gasteiger partial charge < -0.3 is 0 Å². The predicted octanol–water partition coefficient (Wildman–Crippen LogP) is 4.52. The lowest BCUT2D eigenvalue weighted by atomic mass is 9.98. The van der Waals surface area contributed by atoms with Crippen LogP contribution in [0, 0.1) is 5.92 Å². The van der Waals surface area contributed by atoms with E-state index in [4.69, 9.17) is 11.6 Å². The van der Waals surface area contributed by atoms with E-state index in [1.165, 1.54) is 0 Å². The molecule has 0 amide bonds. The minimum atomic E-state index is -4.32. The van der Waals surface area contributed by atoms with Gasteiger partial charge in [-0.3, -0.25) is 5.32 Å². The first-order chi connectivity index (χ1) is 16.6. The SMILES string of the molecule is CNC(NS(=O)(=O)N1CCC(C(F)(F)F)CC1)c1cc(-c2ccccc2)n(-c2ccc(Cl)cc2)n1. The zero-order valence-electron chi connectivity index (χ0n) is 18.8. The Morgan fingerprint density at radius 3 is 2.26 bits per heavy atom. The second kappa shape index (κ2) is 10.3. The summed E-state index contributed by atoms with van der Waals surface area (Å²) < 4.78 is 70.2. The number of rotatable bonds is 7. The topological polar surface area (TPSA) is 79.3 Å². The van der Waals surface area contributed by atoms with Crippen molar-refractivity contribution in [2.75, 3.05) is 20.1 Å². The third-order valence-corrected chi connectivity index (χ3v) is 7.81. The van der Waals surface area contributed by atoms with Gasteiger partial charge in [-0.1, -0.05) is 41.9 Å². The van der Waals surface area contributed by atoms with E-state index < -0.39 is 28.5 Å². The zero-order valence-corrected chi connectivity index (χ0v) is 20.4. The molecule has 2 heterocycles. The van der Waals surface area contributed by atoms with Gasteiger partial charge in [-0.15, -0.1) is 0 Å². The molecular weight excluding hydrogens is 503 g/mol. The van der Waals surface area contributed by atoms with Gasteiger partial charge in [0.15, 0.2) is 0 Å². The number of benzene rings is 2. The van der Waals surface area contributed by atoms with E-state index in [0.717, 1.165) is 21.2 Å². The highest BCUT2D eigenvalue weighted by Crippen LogP contribution is 2.35. The molecule has 12 heteroatoms. The number of aromatic nitrogens is 2. The van der Waals surface area contributed by atoms with E-state index in [1.807, 2.05) is 30.3 Å². The third kappa shape index (κ3) is 5.87. The van der Waals surface area contributed by atoms with E-state index in [2.05, 4.69) is 15.1 Å². The largest absolute Gasteiger partial charge is 0.391 e. The first-order valence-electron chi connectivity index (χ1n) is 11.0. The van der Waals surface area contributed by atoms with Crippen molar-refractivity contribution in [1.29, 1.82) is 0 Å². The lowest BCUT2D eigenvalue weighted by molar-refractivity contribution is -0.182. The highest BCUT2D eigenvalue weighted by atomic mass is 35.5. The zero-order chi connectivity index (χ0) is 25.2. The molecule has 0 saturated carbocycles. The van der Waals surface area contributed by atoms with Crippen molar-refractivity contribution in [1.82, 2.24) is 24.1 Å². The van der Waals surface area contributed by atoms with Gasteiger partial charge in [0, 0.05) is 23.7 Å². The minimum Gasteiger partial charge on any atom is -0.299 e. The van der Waals surface area contributed by atoms with Crippen molar-refractivity contribution in [3.05, 3.63) is 71.4 Å². The molecule has 7 nitrogen and oxygen atoms in total. The van der Waals surface area contributed by atoms with Gasteiger partial charge in [-0.25, -0.2) is 4.68 Å². The van der Waals surface area contributed by atoms with Crippen LogP contribution in [0.1, 0.15) is 24.7 Å². The maximum atomic E-state index is 13.0. The Kier molecular flexibility index (Phi) is 7.53. The van der Waals surface area contributed by atoms with Crippen LogP contribution in [-0.4, -0.2) is 48.8 Å². The van der Waals surface area contributed by atoms with Crippen LogP contribution in [-0.2, 0) is 10.2 Å². The van der Waals surface area contributed by atoms with Crippen LogP contribution in [0.4, 0.5) is 13.2 Å². The molecule has 1 unspecified atom stereocenters. The maximum absolute atomic E-state index is 13.0. The maximum Gasteiger partial charge on any atom is 0.391 e. The summed E-state index contributed by atoms with van der Waals surface area (Å²) in [5.74, 6) is -1.49. The van der Waals surface area contributed by atoms with Crippen molar-refractivity contribution >= 4 is 21.8 Å². The van der Waals surface area contributed by atoms with Crippen LogP contribution in [0.15, 0.2) is 60.7 Å². The van der Waals surface area contributed by atoms with E-state index in [9.17, 15) is 21.6 Å². The number of nitrogens with one attached hydrogen (secondary N) is 2. The number of halogens is 4. The Labute approximate surface area is 207 Å². The summed E-state index contributed by atoms with van der Waals surface area (Å²) >= 11 is 6.03. The summed E-state index contributed by atoms with van der Waals surface area (Å²) in [5, 5.41) is 8.12. The Morgan fingerprint density at radius 2 is 1.69 bits per heavy atom. The molecule has 4 rings (SSSR count). The van der Waals surface area contributed by atoms with E-state index in [0.29, 0.717) is 10.7 Å². The molecule has 0 bridgehead atoms. The fraction of sp³-hybridized carbons (Fsp3) is 0.348. The quantitative estimate of drug-likeness (QED) is 0.443. The fourth-order valence-electron chi connectivity index (χ4n) is 4.05. The highest BCUT2D eigenvalue weighted by Gasteiger charge is 2.43. The van der Waals surface area contributed by atoms with Crippen LogP contribution in [0.25, 0.3) is 16.9 Å². The minimum absolute atomic E-state index is 0.204. The lowest BCUT2D eigenvalue weighted by Gasteiger charge is -2.33. The molecular formula is C23H25ClF3N5O2S. The summed E-state index contributed by atoms with van der Waals surface area (Å²) in [5.41, 5.74) is 2.72. The highest BCUT2D eigenvalue weighted by molar-refractivity contribution is 7.87. The summed E-state index contributed by atoms with van der Waals surface area (Å²) in [6.45, 7) is -0.408. The second-order valence-electron chi connectivity index (χ2n) is 8.27. The summed E-state index contributed by atoms with van der Waals surface area (Å²) in [7, 11) is -2.49. The normalized spacial score (nSPS) is 16.9. The van der Waals surface area contributed by atoms with E-state index >= 15 is 0 Å². The van der Waals surface area contributed by atoms with Gasteiger partial charge in [0.2, 0.25) is 0 Å². The number of hydrogen-bond donors (Lipinski definition) is 2. The van der Waals surface area contributed by atoms with Crippen LogP contribution in [0.2, 0.25) is 5.02 Å². The number of hydrogen-bond acceptors (Lipinski definition) is 4. The monoisotopic (exact) mass is 527 g/mol. The van der Waals surface area contributed by atoms with Crippen molar-refractivity contribution < 1.29 is 21.6 Å². The molecule has 1 aromatic heterocycles. The molecule has 0 aliphatic carbocycles. The molecule has 1 fully saturated rings. The van der Waals surface area contributed by atoms with Gasteiger partial charge in [-0.05, 0) is 50.2 Å². The Morgan fingerprint density at radius 1 is 1.06 bits per heavy atom. The molecule has 1 aliphatic heterocycles. The number of nitrogens with zero attached hydrogens (tertiary/aromatic N) is 3. The van der Waals surface area contributed by atoms with Gasteiger partial charge in [0.25, 0.3) is 10.2 Å². The average Bonchev–Trinajstić information content (AvgIpc) is 3.28. The molecule has 1 saturated heterocycles. The molecule has 35 heavy (non-hydrogen) atoms. The number of alkyl halides is 3. The van der Waals surface area contributed by atoms with Gasteiger partial charge in [-0.2, -0.15) is 35.7 Å². The summed E-state index contributed by atoms with van der Waals surface area (Å²) in [6.07, 6.45) is -5.76. The fourth-order valence-corrected chi connectivity index (χ4v) is 5.55. The molecule has 0 radical (unpaired) electrons. The first kappa shape index (κ1) is 25.6. The molecule has 2 N–H and O–H groups in total. The average molecular weight is 528 g/mol. The van der Waals surface area contributed by atoms with Crippen molar-refractivity contribution in [3.63, 3.8) is 0 Å². The van der Waals surface area contributed by atoms with Crippen LogP contribution in [0.3, 0.4) is 0 Å². The molecule has 3 aromatic rings. The molecule has 2 aromatic carbocycles. The van der Waals surface area contributed by atoms with Crippen molar-refractivity contribution in [2.24, 2.45) is 5.92 Å². The van der Waals surface area contributed by atoms with E-state index in [-0.39, 0.29) is 25.9 Å². The summed E-state index contributed by atoms with van der Waals surface area (Å²) in [4.78, 5) is 0. The van der Waals surface area contributed by atoms with Crippen LogP contribution >= 0.6 is 11.6 Å². The van der Waals surface area contributed by atoms with Gasteiger partial charge in [0.1, 0.15) is 6.17 Å². The summed E-state index contributed by atoms with van der Waals surface area (Å²) in [6, 6.07) is 18.3. The molecule has 1 aliphatic rings. The number of piperidine rings is 1. The first-order valence-corrected chi connectivity index (χ1v) is 12.8. The standard InChI is InChI=1S/C23H25ClF3N5O2S/c1-28-22(30-35(33,34)31-13-11-17(12-14-31)23(25,26)27)20-15-21(16-5-3-2-4-6-16)32(29-20)19-9-7-18(24)8-10-19/h2-10,15,17,22,28,30H,11-14H2,1H3. The van der Waals surface area contributed by atoms with E-state index in [1.54, 1.807) is 42.1 Å². The van der Waals surface area contributed by atoms with Gasteiger partial charge >= 0.3 is 6.18 Å². The Bertz CT molecular complexity index is 1240. The lowest BCUT2D eigenvalue weighted by Crippen LogP contribution is -2.49. The van der Waals surface area contributed by atoms with Crippen molar-refractivity contribution in [3.8, 4) is 16.9 Å². The van der Waals surface area contributed by atoms with Crippen molar-refractivity contribution in [2.45, 2.75) is 25.2 Å². The van der Waals surface area contributed by atoms with Gasteiger partial charge in [0.05, 0.1) is 23.0 Å². The molecule has 188 valence electrons. The Balaban J connectivity index is 1.61. The van der Waals surface area contributed by atoms with Crippen LogP contribution in [0.5, 0.6) is 0 Å². The smallest absolute Gasteiger partial charge is 0.299 e.